The van der Waals surface area contributed by atoms with Crippen LogP contribution in [0.2, 0.25) is 0 Å². The highest BCUT2D eigenvalue weighted by Crippen LogP contribution is 2.14. The van der Waals surface area contributed by atoms with E-state index in [-0.39, 0.29) is 17.6 Å². The standard InChI is InChI=1S/C17H17N3O3/c1-17(2,11-18)16(22)19-10-12-5-7-13(8-6-12)20-15(21)14-4-3-9-23-14/h3-9H,10H2,1-2H3,(H,19,22)(H,20,21). The van der Waals surface area contributed by atoms with E-state index in [1.54, 1.807) is 50.2 Å². The van der Waals surface area contributed by atoms with Crippen molar-refractivity contribution in [2.75, 3.05) is 5.32 Å². The predicted molar refractivity (Wildman–Crippen MR) is 84.3 cm³/mol. The first-order chi connectivity index (χ1) is 10.9. The second-order valence-corrected chi connectivity index (χ2v) is 5.55. The van der Waals surface area contributed by atoms with Gasteiger partial charge in [0.1, 0.15) is 5.41 Å². The van der Waals surface area contributed by atoms with Gasteiger partial charge in [0.15, 0.2) is 5.76 Å². The molecule has 23 heavy (non-hydrogen) atoms. The Balaban J connectivity index is 1.91. The van der Waals surface area contributed by atoms with Crippen molar-refractivity contribution in [1.82, 2.24) is 5.32 Å². The molecule has 0 bridgehead atoms. The molecular weight excluding hydrogens is 294 g/mol. The van der Waals surface area contributed by atoms with Crippen molar-refractivity contribution >= 4 is 17.5 Å². The van der Waals surface area contributed by atoms with Crippen molar-refractivity contribution in [2.45, 2.75) is 20.4 Å². The molecule has 0 saturated carbocycles. The minimum absolute atomic E-state index is 0.236. The molecule has 118 valence electrons. The molecule has 0 aliphatic carbocycles. The van der Waals surface area contributed by atoms with E-state index in [0.717, 1.165) is 5.56 Å². The number of nitriles is 1. The molecule has 1 aromatic carbocycles. The van der Waals surface area contributed by atoms with E-state index in [1.807, 2.05) is 6.07 Å². The first-order valence-electron chi connectivity index (χ1n) is 7.06. The number of amides is 2. The van der Waals surface area contributed by atoms with Gasteiger partial charge < -0.3 is 15.1 Å². The number of rotatable bonds is 5. The molecule has 0 unspecified atom stereocenters. The van der Waals surface area contributed by atoms with E-state index < -0.39 is 5.41 Å². The summed E-state index contributed by atoms with van der Waals surface area (Å²) in [5.41, 5.74) is 0.429. The van der Waals surface area contributed by atoms with Gasteiger partial charge in [-0.2, -0.15) is 5.26 Å². The zero-order valence-electron chi connectivity index (χ0n) is 12.9. The molecule has 1 aromatic heterocycles. The van der Waals surface area contributed by atoms with E-state index >= 15 is 0 Å². The molecule has 6 nitrogen and oxygen atoms in total. The second-order valence-electron chi connectivity index (χ2n) is 5.55. The maximum Gasteiger partial charge on any atom is 0.291 e. The van der Waals surface area contributed by atoms with Crippen LogP contribution in [0.3, 0.4) is 0 Å². The molecular formula is C17H17N3O3. The molecule has 6 heteroatoms. The molecule has 0 saturated heterocycles. The quantitative estimate of drug-likeness (QED) is 0.887. The molecule has 2 aromatic rings. The molecule has 0 spiro atoms. The van der Waals surface area contributed by atoms with Crippen molar-refractivity contribution < 1.29 is 14.0 Å². The van der Waals surface area contributed by atoms with Crippen LogP contribution < -0.4 is 10.6 Å². The zero-order chi connectivity index (χ0) is 16.9. The van der Waals surface area contributed by atoms with Crippen LogP contribution in [0.4, 0.5) is 5.69 Å². The van der Waals surface area contributed by atoms with Gasteiger partial charge in [0.25, 0.3) is 5.91 Å². The molecule has 1 heterocycles. The summed E-state index contributed by atoms with van der Waals surface area (Å²) < 4.78 is 5.01. The summed E-state index contributed by atoms with van der Waals surface area (Å²) in [7, 11) is 0. The number of furan rings is 1. The molecule has 0 aliphatic heterocycles. The number of nitrogens with one attached hydrogen (secondary N) is 2. The van der Waals surface area contributed by atoms with Crippen LogP contribution in [-0.2, 0) is 11.3 Å². The summed E-state index contributed by atoms with van der Waals surface area (Å²) in [5, 5.41) is 14.3. The van der Waals surface area contributed by atoms with Crippen molar-refractivity contribution in [3.05, 3.63) is 54.0 Å². The van der Waals surface area contributed by atoms with E-state index in [2.05, 4.69) is 10.6 Å². The fourth-order valence-corrected chi connectivity index (χ4v) is 1.76. The number of hydrogen-bond acceptors (Lipinski definition) is 4. The number of anilines is 1. The topological polar surface area (TPSA) is 95.1 Å². The lowest BCUT2D eigenvalue weighted by Crippen LogP contribution is -2.35. The van der Waals surface area contributed by atoms with Crippen molar-refractivity contribution in [3.63, 3.8) is 0 Å². The van der Waals surface area contributed by atoms with Gasteiger partial charge in [-0.1, -0.05) is 12.1 Å². The van der Waals surface area contributed by atoms with Crippen LogP contribution in [0, 0.1) is 16.7 Å². The minimum Gasteiger partial charge on any atom is -0.459 e. The van der Waals surface area contributed by atoms with E-state index in [9.17, 15) is 9.59 Å². The van der Waals surface area contributed by atoms with Crippen molar-refractivity contribution in [3.8, 4) is 6.07 Å². The third kappa shape index (κ3) is 4.20. The second kappa shape index (κ2) is 6.79. The van der Waals surface area contributed by atoms with Crippen molar-refractivity contribution in [2.24, 2.45) is 5.41 Å². The zero-order valence-corrected chi connectivity index (χ0v) is 12.9. The van der Waals surface area contributed by atoms with Crippen LogP contribution in [0.25, 0.3) is 0 Å². The highest BCUT2D eigenvalue weighted by atomic mass is 16.3. The molecule has 2 rings (SSSR count). The first kappa shape index (κ1) is 16.3. The predicted octanol–water partition coefficient (Wildman–Crippen LogP) is 2.70. The van der Waals surface area contributed by atoms with Crippen LogP contribution in [0.1, 0.15) is 30.0 Å². The summed E-state index contributed by atoms with van der Waals surface area (Å²) in [6.45, 7) is 3.45. The number of nitrogens with zero attached hydrogens (tertiary/aromatic N) is 1. The lowest BCUT2D eigenvalue weighted by molar-refractivity contribution is -0.126. The Kier molecular flexibility index (Phi) is 4.82. The normalized spacial score (nSPS) is 10.7. The maximum absolute atomic E-state index is 11.8. The van der Waals surface area contributed by atoms with Gasteiger partial charge >= 0.3 is 0 Å². The van der Waals surface area contributed by atoms with Gasteiger partial charge in [0, 0.05) is 12.2 Å². The summed E-state index contributed by atoms with van der Waals surface area (Å²) in [4.78, 5) is 23.6. The third-order valence-electron chi connectivity index (χ3n) is 3.26. The summed E-state index contributed by atoms with van der Waals surface area (Å²) in [5.74, 6) is -0.415. The molecule has 0 fully saturated rings. The van der Waals surface area contributed by atoms with Crippen LogP contribution >= 0.6 is 0 Å². The molecule has 0 atom stereocenters. The lowest BCUT2D eigenvalue weighted by atomic mass is 9.95. The highest BCUT2D eigenvalue weighted by Gasteiger charge is 2.26. The number of carbonyl (C=O) groups excluding carboxylic acids is 2. The number of hydrogen-bond donors (Lipinski definition) is 2. The Morgan fingerprint density at radius 2 is 1.91 bits per heavy atom. The minimum atomic E-state index is -1.06. The maximum atomic E-state index is 11.8. The highest BCUT2D eigenvalue weighted by molar-refractivity contribution is 6.02. The van der Waals surface area contributed by atoms with E-state index in [0.29, 0.717) is 12.2 Å². The molecule has 2 amide bonds. The monoisotopic (exact) mass is 311 g/mol. The van der Waals surface area contributed by atoms with Crippen LogP contribution in [0.15, 0.2) is 47.1 Å². The molecule has 2 N–H and O–H groups in total. The molecule has 0 aliphatic rings. The van der Waals surface area contributed by atoms with E-state index in [1.165, 1.54) is 6.26 Å². The van der Waals surface area contributed by atoms with Crippen LogP contribution in [0.5, 0.6) is 0 Å². The van der Waals surface area contributed by atoms with Crippen molar-refractivity contribution in [1.29, 1.82) is 5.26 Å². The average molecular weight is 311 g/mol. The number of carbonyl (C=O) groups is 2. The van der Waals surface area contributed by atoms with Gasteiger partial charge in [-0.3, -0.25) is 9.59 Å². The fraction of sp³-hybridized carbons (Fsp3) is 0.235. The largest absolute Gasteiger partial charge is 0.459 e. The summed E-state index contributed by atoms with van der Waals surface area (Å²) in [6, 6.07) is 12.2. The van der Waals surface area contributed by atoms with E-state index in [4.69, 9.17) is 9.68 Å². The van der Waals surface area contributed by atoms with Gasteiger partial charge in [0.05, 0.1) is 12.3 Å². The van der Waals surface area contributed by atoms with Gasteiger partial charge in [-0.05, 0) is 43.7 Å². The third-order valence-corrected chi connectivity index (χ3v) is 3.26. The average Bonchev–Trinajstić information content (AvgIpc) is 3.08. The SMILES string of the molecule is CC(C)(C#N)C(=O)NCc1ccc(NC(=O)c2ccco2)cc1. The lowest BCUT2D eigenvalue weighted by Gasteiger charge is -2.15. The Hall–Kier alpha value is -3.07. The summed E-state index contributed by atoms with van der Waals surface area (Å²) in [6.07, 6.45) is 1.43. The Morgan fingerprint density at radius 1 is 1.22 bits per heavy atom. The Morgan fingerprint density at radius 3 is 2.48 bits per heavy atom. The summed E-state index contributed by atoms with van der Waals surface area (Å²) >= 11 is 0. The van der Waals surface area contributed by atoms with Crippen LogP contribution in [-0.4, -0.2) is 11.8 Å². The first-order valence-corrected chi connectivity index (χ1v) is 7.06. The van der Waals surface area contributed by atoms with Gasteiger partial charge in [0.2, 0.25) is 5.91 Å². The van der Waals surface area contributed by atoms with Gasteiger partial charge in [-0.25, -0.2) is 0 Å². The fourth-order valence-electron chi connectivity index (χ4n) is 1.76. The Bertz CT molecular complexity index is 725. The number of benzene rings is 1. The molecule has 0 radical (unpaired) electrons. The van der Waals surface area contributed by atoms with Gasteiger partial charge in [-0.15, -0.1) is 0 Å². The smallest absolute Gasteiger partial charge is 0.291 e. The Labute approximate surface area is 134 Å².